The van der Waals surface area contributed by atoms with Crippen LogP contribution in [0.2, 0.25) is 0 Å². The number of aromatic amines is 1. The molecule has 0 amide bonds. The average Bonchev–Trinajstić information content (AvgIpc) is 3.17. The van der Waals surface area contributed by atoms with Crippen LogP contribution in [0.3, 0.4) is 0 Å². The van der Waals surface area contributed by atoms with Gasteiger partial charge in [0.2, 0.25) is 5.88 Å². The maximum atomic E-state index is 5.59. The van der Waals surface area contributed by atoms with Gasteiger partial charge in [-0.05, 0) is 35.9 Å². The quantitative estimate of drug-likeness (QED) is 0.496. The van der Waals surface area contributed by atoms with Crippen molar-refractivity contribution in [1.29, 1.82) is 0 Å². The molecule has 4 aromatic rings. The summed E-state index contributed by atoms with van der Waals surface area (Å²) in [5.41, 5.74) is 5.40. The zero-order valence-corrected chi connectivity index (χ0v) is 17.3. The highest BCUT2D eigenvalue weighted by atomic mass is 32.1. The zero-order valence-electron chi connectivity index (χ0n) is 16.4. The van der Waals surface area contributed by atoms with Crippen LogP contribution in [0, 0.1) is 0 Å². The fourth-order valence-electron chi connectivity index (χ4n) is 4.03. The third kappa shape index (κ3) is 3.71. The number of H-pyrrole nitrogens is 1. The number of piperazine rings is 1. The topological polar surface area (TPSA) is 44.4 Å². The first-order valence-electron chi connectivity index (χ1n) is 9.91. The number of fused-ring (bicyclic) bond motifs is 2. The molecule has 1 N–H and O–H groups in total. The van der Waals surface area contributed by atoms with Gasteiger partial charge in [0.1, 0.15) is 0 Å². The van der Waals surface area contributed by atoms with Crippen LogP contribution in [-0.4, -0.2) is 52.5 Å². The third-order valence-electron chi connectivity index (χ3n) is 5.61. The number of ether oxygens (including phenoxy) is 1. The van der Waals surface area contributed by atoms with E-state index in [9.17, 15) is 0 Å². The molecule has 3 heterocycles. The Morgan fingerprint density at radius 3 is 2.66 bits per heavy atom. The van der Waals surface area contributed by atoms with E-state index in [4.69, 9.17) is 4.74 Å². The van der Waals surface area contributed by atoms with Crippen molar-refractivity contribution in [2.24, 2.45) is 0 Å². The Labute approximate surface area is 175 Å². The zero-order chi connectivity index (χ0) is 19.8. The highest BCUT2D eigenvalue weighted by Crippen LogP contribution is 2.33. The number of pyridine rings is 1. The molecule has 0 spiro atoms. The lowest BCUT2D eigenvalue weighted by Gasteiger charge is -2.31. The molecule has 0 aliphatic carbocycles. The van der Waals surface area contributed by atoms with E-state index in [0.29, 0.717) is 5.88 Å². The van der Waals surface area contributed by atoms with Crippen LogP contribution in [0.25, 0.3) is 33.1 Å². The average molecular weight is 405 g/mol. The lowest BCUT2D eigenvalue weighted by Crippen LogP contribution is -2.41. The maximum Gasteiger partial charge on any atom is 0.223 e. The number of para-hydroxylation sites is 1. The first kappa shape index (κ1) is 18.5. The summed E-state index contributed by atoms with van der Waals surface area (Å²) in [6, 6.07) is 19.1. The third-order valence-corrected chi connectivity index (χ3v) is 6.01. The summed E-state index contributed by atoms with van der Waals surface area (Å²) >= 11 is 4.44. The van der Waals surface area contributed by atoms with Crippen molar-refractivity contribution in [3.63, 3.8) is 0 Å². The van der Waals surface area contributed by atoms with Gasteiger partial charge in [-0.1, -0.05) is 37.1 Å². The minimum absolute atomic E-state index is 0.639. The maximum absolute atomic E-state index is 5.59. The summed E-state index contributed by atoms with van der Waals surface area (Å²) < 4.78 is 7.68. The van der Waals surface area contributed by atoms with Crippen molar-refractivity contribution < 1.29 is 4.74 Å². The first-order valence-corrected chi connectivity index (χ1v) is 10.3. The Hall–Kier alpha value is -2.54. The van der Waals surface area contributed by atoms with Crippen LogP contribution in [-0.2, 0) is 6.54 Å². The molecular formula is C23H24N4OS. The number of hydrogen-bond acceptors (Lipinski definition) is 5. The largest absolute Gasteiger partial charge is 0.480 e. The van der Waals surface area contributed by atoms with E-state index in [1.54, 1.807) is 7.11 Å². The second-order valence-corrected chi connectivity index (χ2v) is 8.14. The molecule has 0 unspecified atom stereocenters. The molecule has 6 heteroatoms. The molecule has 5 nitrogen and oxygen atoms in total. The predicted molar refractivity (Wildman–Crippen MR) is 121 cm³/mol. The molecule has 0 atom stereocenters. The molecule has 148 valence electrons. The van der Waals surface area contributed by atoms with E-state index in [2.05, 4.69) is 68.4 Å². The summed E-state index contributed by atoms with van der Waals surface area (Å²) in [6.45, 7) is 5.10. The summed E-state index contributed by atoms with van der Waals surface area (Å²) in [7, 11) is 1.67. The van der Waals surface area contributed by atoms with Crippen LogP contribution in [0.4, 0.5) is 0 Å². The van der Waals surface area contributed by atoms with Gasteiger partial charge in [-0.15, -0.1) is 0 Å². The Morgan fingerprint density at radius 1 is 1.00 bits per heavy atom. The van der Waals surface area contributed by atoms with Gasteiger partial charge in [-0.25, -0.2) is 4.98 Å². The Morgan fingerprint density at radius 2 is 1.83 bits per heavy atom. The van der Waals surface area contributed by atoms with Crippen LogP contribution < -0.4 is 4.74 Å². The van der Waals surface area contributed by atoms with Crippen LogP contribution >= 0.6 is 12.8 Å². The molecule has 2 aromatic heterocycles. The van der Waals surface area contributed by atoms with Gasteiger partial charge in [0.25, 0.3) is 0 Å². The van der Waals surface area contributed by atoms with Gasteiger partial charge in [-0.2, -0.15) is 0 Å². The van der Waals surface area contributed by atoms with E-state index in [1.807, 2.05) is 18.2 Å². The van der Waals surface area contributed by atoms with Crippen LogP contribution in [0.15, 0.2) is 54.6 Å². The standard InChI is InChI=1S/C23H24N4OS/c1-28-23-19(13-17-4-2-3-5-20(17)25-23)22-14-18-12-16(6-7-21(18)24-22)15-26-8-10-27(29)11-9-26/h2-7,12-14,24,29H,8-11,15H2,1H3. The molecule has 1 aliphatic rings. The van der Waals surface area contributed by atoms with Gasteiger partial charge >= 0.3 is 0 Å². The number of benzene rings is 2. The van der Waals surface area contributed by atoms with Gasteiger partial charge < -0.3 is 9.72 Å². The Kier molecular flexibility index (Phi) is 4.91. The molecule has 0 saturated carbocycles. The van der Waals surface area contributed by atoms with E-state index >= 15 is 0 Å². The fraction of sp³-hybridized carbons (Fsp3) is 0.261. The number of hydrogen-bond donors (Lipinski definition) is 2. The predicted octanol–water partition coefficient (Wildman–Crippen LogP) is 4.35. The second kappa shape index (κ2) is 7.71. The van der Waals surface area contributed by atoms with E-state index < -0.39 is 0 Å². The number of nitrogens with zero attached hydrogens (tertiary/aromatic N) is 3. The van der Waals surface area contributed by atoms with Crippen molar-refractivity contribution >= 4 is 34.6 Å². The normalized spacial score (nSPS) is 15.9. The summed E-state index contributed by atoms with van der Waals surface area (Å²) in [5, 5.41) is 2.31. The molecule has 1 aliphatic heterocycles. The minimum atomic E-state index is 0.639. The van der Waals surface area contributed by atoms with Crippen LogP contribution in [0.5, 0.6) is 5.88 Å². The van der Waals surface area contributed by atoms with E-state index in [1.165, 1.54) is 10.9 Å². The van der Waals surface area contributed by atoms with Gasteiger partial charge in [-0.3, -0.25) is 9.21 Å². The first-order chi connectivity index (χ1) is 14.2. The summed E-state index contributed by atoms with van der Waals surface area (Å²) in [5.74, 6) is 0.639. The molecule has 2 aromatic carbocycles. The van der Waals surface area contributed by atoms with Crippen molar-refractivity contribution in [1.82, 2.24) is 19.2 Å². The number of rotatable bonds is 4. The number of aromatic nitrogens is 2. The monoisotopic (exact) mass is 404 g/mol. The summed E-state index contributed by atoms with van der Waals surface area (Å²) in [4.78, 5) is 10.7. The SMILES string of the molecule is COc1nc2ccccc2cc1-c1cc2cc(CN3CCN(S)CC3)ccc2[nH]1. The lowest BCUT2D eigenvalue weighted by atomic mass is 10.1. The second-order valence-electron chi connectivity index (χ2n) is 7.57. The Balaban J connectivity index is 1.48. The number of methoxy groups -OCH3 is 1. The van der Waals surface area contributed by atoms with Crippen molar-refractivity contribution in [2.45, 2.75) is 6.54 Å². The van der Waals surface area contributed by atoms with Gasteiger partial charge in [0.15, 0.2) is 0 Å². The molecule has 5 rings (SSSR count). The number of nitrogens with one attached hydrogen (secondary N) is 1. The molecule has 0 radical (unpaired) electrons. The van der Waals surface area contributed by atoms with E-state index in [-0.39, 0.29) is 0 Å². The Bertz CT molecular complexity index is 1160. The minimum Gasteiger partial charge on any atom is -0.480 e. The fourth-order valence-corrected chi connectivity index (χ4v) is 4.20. The molecule has 1 fully saturated rings. The molecule has 1 saturated heterocycles. The van der Waals surface area contributed by atoms with E-state index in [0.717, 1.165) is 60.4 Å². The number of thiol groups is 1. The summed E-state index contributed by atoms with van der Waals surface area (Å²) in [6.07, 6.45) is 0. The molecule has 29 heavy (non-hydrogen) atoms. The smallest absolute Gasteiger partial charge is 0.223 e. The highest BCUT2D eigenvalue weighted by molar-refractivity contribution is 7.77. The van der Waals surface area contributed by atoms with Gasteiger partial charge in [0, 0.05) is 49.0 Å². The highest BCUT2D eigenvalue weighted by Gasteiger charge is 2.16. The van der Waals surface area contributed by atoms with Crippen molar-refractivity contribution in [2.75, 3.05) is 33.3 Å². The molecule has 0 bridgehead atoms. The van der Waals surface area contributed by atoms with Crippen LogP contribution in [0.1, 0.15) is 5.56 Å². The van der Waals surface area contributed by atoms with Gasteiger partial charge in [0.05, 0.1) is 23.9 Å². The lowest BCUT2D eigenvalue weighted by molar-refractivity contribution is 0.190. The molecular weight excluding hydrogens is 380 g/mol. The van der Waals surface area contributed by atoms with Crippen molar-refractivity contribution in [3.8, 4) is 17.1 Å². The van der Waals surface area contributed by atoms with Crippen molar-refractivity contribution in [3.05, 3.63) is 60.2 Å².